The summed E-state index contributed by atoms with van der Waals surface area (Å²) in [5, 5.41) is 10.0. The summed E-state index contributed by atoms with van der Waals surface area (Å²) in [4.78, 5) is 18.9. The Morgan fingerprint density at radius 1 is 1.31 bits per heavy atom. The zero-order valence-electron chi connectivity index (χ0n) is 15.9. The van der Waals surface area contributed by atoms with Crippen LogP contribution in [0.4, 0.5) is 10.5 Å². The first-order chi connectivity index (χ1) is 12.5. The van der Waals surface area contributed by atoms with Crippen molar-refractivity contribution in [3.05, 3.63) is 40.7 Å². The van der Waals surface area contributed by atoms with E-state index in [1.165, 1.54) is 5.56 Å². The Bertz CT molecular complexity index is 672. The van der Waals surface area contributed by atoms with Crippen LogP contribution < -0.4 is 15.4 Å². The Kier molecular flexibility index (Phi) is 7.87. The van der Waals surface area contributed by atoms with Crippen molar-refractivity contribution in [1.82, 2.24) is 15.2 Å². The summed E-state index contributed by atoms with van der Waals surface area (Å²) in [7, 11) is 0. The highest BCUT2D eigenvalue weighted by atomic mass is 32.1. The predicted molar refractivity (Wildman–Crippen MR) is 107 cm³/mol. The minimum Gasteiger partial charge on any atom is -0.473 e. The lowest BCUT2D eigenvalue weighted by atomic mass is 10.1. The Morgan fingerprint density at radius 2 is 2.08 bits per heavy atom. The van der Waals surface area contributed by atoms with Crippen LogP contribution in [0.2, 0.25) is 0 Å². The Labute approximate surface area is 159 Å². The predicted octanol–water partition coefficient (Wildman–Crippen LogP) is 4.13. The number of urea groups is 1. The van der Waals surface area contributed by atoms with Gasteiger partial charge in [-0.1, -0.05) is 13.8 Å². The normalized spacial score (nSPS) is 12.2. The van der Waals surface area contributed by atoms with Gasteiger partial charge in [0.05, 0.1) is 12.1 Å². The third kappa shape index (κ3) is 5.71. The molecule has 0 spiro atoms. The van der Waals surface area contributed by atoms with E-state index in [1.807, 2.05) is 13.8 Å². The van der Waals surface area contributed by atoms with Gasteiger partial charge in [0.2, 0.25) is 5.88 Å². The molecule has 1 atom stereocenters. The van der Waals surface area contributed by atoms with Crippen molar-refractivity contribution in [2.45, 2.75) is 39.8 Å². The number of aromatic nitrogens is 1. The number of carbonyl (C=O) groups excluding carboxylic acids is 1. The van der Waals surface area contributed by atoms with E-state index in [2.05, 4.69) is 51.2 Å². The summed E-state index contributed by atoms with van der Waals surface area (Å²) in [6.07, 6.45) is 1.63. The minimum atomic E-state index is -0.265. The van der Waals surface area contributed by atoms with Gasteiger partial charge >= 0.3 is 6.03 Å². The lowest BCUT2D eigenvalue weighted by Gasteiger charge is -2.29. The number of pyridine rings is 1. The van der Waals surface area contributed by atoms with Crippen LogP contribution in [0.3, 0.4) is 0 Å². The third-order valence-electron chi connectivity index (χ3n) is 4.00. The summed E-state index contributed by atoms with van der Waals surface area (Å²) >= 11 is 1.67. The smallest absolute Gasteiger partial charge is 0.319 e. The lowest BCUT2D eigenvalue weighted by Crippen LogP contribution is -2.39. The van der Waals surface area contributed by atoms with E-state index in [0.29, 0.717) is 18.1 Å². The fourth-order valence-corrected chi connectivity index (χ4v) is 3.45. The molecule has 0 fully saturated rings. The van der Waals surface area contributed by atoms with Crippen LogP contribution in [0.5, 0.6) is 5.88 Å². The van der Waals surface area contributed by atoms with Crippen LogP contribution in [0.1, 0.15) is 39.3 Å². The molecule has 0 saturated heterocycles. The Morgan fingerprint density at radius 3 is 2.69 bits per heavy atom. The van der Waals surface area contributed by atoms with E-state index in [9.17, 15) is 4.79 Å². The second kappa shape index (κ2) is 10.1. The molecule has 0 radical (unpaired) electrons. The van der Waals surface area contributed by atoms with E-state index >= 15 is 0 Å². The summed E-state index contributed by atoms with van der Waals surface area (Å²) in [6.45, 7) is 10.5. The van der Waals surface area contributed by atoms with Gasteiger partial charge in [0.1, 0.15) is 5.69 Å². The van der Waals surface area contributed by atoms with E-state index in [-0.39, 0.29) is 18.2 Å². The molecule has 0 aliphatic carbocycles. The molecule has 0 saturated carbocycles. The van der Waals surface area contributed by atoms with E-state index < -0.39 is 0 Å². The maximum absolute atomic E-state index is 12.4. The maximum atomic E-state index is 12.4. The van der Waals surface area contributed by atoms with Gasteiger partial charge in [0.25, 0.3) is 0 Å². The van der Waals surface area contributed by atoms with Crippen molar-refractivity contribution in [2.75, 3.05) is 25.0 Å². The summed E-state index contributed by atoms with van der Waals surface area (Å²) in [6, 6.07) is 5.56. The van der Waals surface area contributed by atoms with Gasteiger partial charge in [-0.2, -0.15) is 11.3 Å². The number of carbonyl (C=O) groups is 1. The number of anilines is 1. The van der Waals surface area contributed by atoms with Gasteiger partial charge in [0.15, 0.2) is 0 Å². The molecule has 2 aromatic rings. The highest BCUT2D eigenvalue weighted by Gasteiger charge is 2.19. The summed E-state index contributed by atoms with van der Waals surface area (Å²) < 4.78 is 5.64. The monoisotopic (exact) mass is 376 g/mol. The van der Waals surface area contributed by atoms with Crippen molar-refractivity contribution in [2.24, 2.45) is 0 Å². The van der Waals surface area contributed by atoms with Gasteiger partial charge in [-0.15, -0.1) is 0 Å². The molecule has 142 valence electrons. The van der Waals surface area contributed by atoms with Crippen LogP contribution in [-0.2, 0) is 0 Å². The van der Waals surface area contributed by atoms with Gasteiger partial charge in [0, 0.05) is 12.7 Å². The molecule has 0 aliphatic heterocycles. The first-order valence-corrected chi connectivity index (χ1v) is 9.92. The highest BCUT2D eigenvalue weighted by molar-refractivity contribution is 7.07. The number of ether oxygens (including phenoxy) is 1. The van der Waals surface area contributed by atoms with Crippen molar-refractivity contribution in [3.8, 4) is 5.88 Å². The van der Waals surface area contributed by atoms with Crippen molar-refractivity contribution >= 4 is 23.1 Å². The molecule has 0 aliphatic rings. The van der Waals surface area contributed by atoms with Gasteiger partial charge < -0.3 is 15.4 Å². The molecular formula is C19H28N4O2S. The highest BCUT2D eigenvalue weighted by Crippen LogP contribution is 2.23. The molecule has 7 heteroatoms. The molecule has 0 bridgehead atoms. The number of rotatable bonds is 9. The van der Waals surface area contributed by atoms with Crippen LogP contribution in [0.25, 0.3) is 0 Å². The average Bonchev–Trinajstić information content (AvgIpc) is 3.14. The van der Waals surface area contributed by atoms with Gasteiger partial charge in [-0.25, -0.2) is 9.78 Å². The van der Waals surface area contributed by atoms with Gasteiger partial charge in [-0.3, -0.25) is 4.90 Å². The molecule has 1 unspecified atom stereocenters. The number of nitrogens with zero attached hydrogens (tertiary/aromatic N) is 2. The average molecular weight is 377 g/mol. The largest absolute Gasteiger partial charge is 0.473 e. The number of amides is 2. The number of nitrogens with one attached hydrogen (secondary N) is 2. The SMILES string of the molecule is CCN(CC)C(CNC(=O)Nc1cccnc1OC(C)C)c1ccsc1. The van der Waals surface area contributed by atoms with Crippen LogP contribution in [-0.4, -0.2) is 41.7 Å². The van der Waals surface area contributed by atoms with Crippen LogP contribution in [0.15, 0.2) is 35.2 Å². The standard InChI is InChI=1S/C19H28N4O2S/c1-5-23(6-2)17(15-9-11-26-13-15)12-21-19(24)22-16-8-7-10-20-18(16)25-14(3)4/h7-11,13-14,17H,5-6,12H2,1-4H3,(H2,21,22,24). The van der Waals surface area contributed by atoms with Crippen LogP contribution >= 0.6 is 11.3 Å². The minimum absolute atomic E-state index is 0.0147. The molecule has 2 aromatic heterocycles. The third-order valence-corrected chi connectivity index (χ3v) is 4.71. The zero-order valence-corrected chi connectivity index (χ0v) is 16.7. The molecule has 6 nitrogen and oxygen atoms in total. The number of hydrogen-bond acceptors (Lipinski definition) is 5. The summed E-state index contributed by atoms with van der Waals surface area (Å²) in [5.41, 5.74) is 1.79. The molecule has 2 N–H and O–H groups in total. The molecule has 2 heterocycles. The zero-order chi connectivity index (χ0) is 18.9. The second-order valence-electron chi connectivity index (χ2n) is 6.15. The van der Waals surface area contributed by atoms with Crippen LogP contribution in [0, 0.1) is 0 Å². The first-order valence-electron chi connectivity index (χ1n) is 8.97. The van der Waals surface area contributed by atoms with E-state index in [0.717, 1.165) is 13.1 Å². The fourth-order valence-electron chi connectivity index (χ4n) is 2.75. The molecular weight excluding hydrogens is 348 g/mol. The maximum Gasteiger partial charge on any atom is 0.319 e. The van der Waals surface area contributed by atoms with E-state index in [4.69, 9.17) is 4.74 Å². The Hall–Kier alpha value is -2.12. The molecule has 2 amide bonds. The number of thiophene rings is 1. The van der Waals surface area contributed by atoms with E-state index in [1.54, 1.807) is 29.7 Å². The van der Waals surface area contributed by atoms with Crippen molar-refractivity contribution in [3.63, 3.8) is 0 Å². The second-order valence-corrected chi connectivity index (χ2v) is 6.93. The summed E-state index contributed by atoms with van der Waals surface area (Å²) in [5.74, 6) is 0.427. The molecule has 26 heavy (non-hydrogen) atoms. The number of hydrogen-bond donors (Lipinski definition) is 2. The first kappa shape index (κ1) is 20.2. The molecule has 0 aromatic carbocycles. The lowest BCUT2D eigenvalue weighted by molar-refractivity contribution is 0.210. The van der Waals surface area contributed by atoms with Crippen molar-refractivity contribution in [1.29, 1.82) is 0 Å². The van der Waals surface area contributed by atoms with Crippen molar-refractivity contribution < 1.29 is 9.53 Å². The quantitative estimate of drug-likeness (QED) is 0.690. The number of likely N-dealkylation sites (N-methyl/N-ethyl adjacent to an activating group) is 1. The van der Waals surface area contributed by atoms with Gasteiger partial charge in [-0.05, 0) is 61.5 Å². The topological polar surface area (TPSA) is 66.5 Å². The molecule has 2 rings (SSSR count). The Balaban J connectivity index is 2.00. The fraction of sp³-hybridized carbons (Fsp3) is 0.474.